The third-order valence-corrected chi connectivity index (χ3v) is 1.26. The number of rotatable bonds is 0. The Kier molecular flexibility index (Phi) is 17.4. The van der Waals surface area contributed by atoms with E-state index in [1.54, 1.807) is 0 Å². The molecule has 0 heterocycles. The van der Waals surface area contributed by atoms with Crippen LogP contribution in [0.4, 0.5) is 0 Å². The van der Waals surface area contributed by atoms with Gasteiger partial charge in [-0.3, -0.25) is 0 Å². The van der Waals surface area contributed by atoms with Crippen molar-refractivity contribution in [2.24, 2.45) is 0 Å². The third kappa shape index (κ3) is 7.20. The van der Waals surface area contributed by atoms with Crippen LogP contribution >= 0.6 is 25.8 Å². The van der Waals surface area contributed by atoms with Crippen LogP contribution in [0, 0.1) is 0 Å². The van der Waals surface area contributed by atoms with Gasteiger partial charge in [-0.25, -0.2) is 0 Å². The second-order valence-corrected chi connectivity index (χ2v) is 2.21. The van der Waals surface area contributed by atoms with Crippen molar-refractivity contribution in [1.29, 1.82) is 0 Å². The molecule has 0 aliphatic carbocycles. The fraction of sp³-hybridized carbons (Fsp3) is 0. The van der Waals surface area contributed by atoms with Crippen LogP contribution in [0.25, 0.3) is 0 Å². The summed E-state index contributed by atoms with van der Waals surface area (Å²) < 4.78 is 1.13. The molecular formula is C6H11BrNaOP. The van der Waals surface area contributed by atoms with Crippen molar-refractivity contribution in [3.05, 3.63) is 34.8 Å². The SMILES string of the molecule is Brc1ccccc1.O.P.[H-].[Na+]. The standard InChI is InChI=1S/C6H5Br.Na.H2O.H3P.H/c7-6-4-2-1-3-5-6;;;;/h1-5H;;1H2;1H3;/q;+1;;;-1. The van der Waals surface area contributed by atoms with E-state index >= 15 is 0 Å². The minimum atomic E-state index is 0. The molecule has 1 atom stereocenters. The summed E-state index contributed by atoms with van der Waals surface area (Å²) in [4.78, 5) is 0. The molecule has 1 rings (SSSR count). The summed E-state index contributed by atoms with van der Waals surface area (Å²) in [5, 5.41) is 0. The summed E-state index contributed by atoms with van der Waals surface area (Å²) >= 11 is 3.31. The van der Waals surface area contributed by atoms with Gasteiger partial charge in [0.05, 0.1) is 0 Å². The zero-order chi connectivity index (χ0) is 5.11. The minimum absolute atomic E-state index is 0. The molecule has 10 heavy (non-hydrogen) atoms. The molecule has 0 saturated heterocycles. The van der Waals surface area contributed by atoms with Gasteiger partial charge in [0.25, 0.3) is 0 Å². The van der Waals surface area contributed by atoms with Crippen molar-refractivity contribution in [3.63, 3.8) is 0 Å². The molecule has 0 amide bonds. The van der Waals surface area contributed by atoms with Crippen LogP contribution in [0.3, 0.4) is 0 Å². The van der Waals surface area contributed by atoms with Gasteiger partial charge in [-0.05, 0) is 12.1 Å². The van der Waals surface area contributed by atoms with E-state index in [-0.39, 0.29) is 46.4 Å². The molecule has 4 heteroatoms. The predicted octanol–water partition coefficient (Wildman–Crippen LogP) is -1.20. The summed E-state index contributed by atoms with van der Waals surface area (Å²) in [6.45, 7) is 0. The Morgan fingerprint density at radius 3 is 1.70 bits per heavy atom. The van der Waals surface area contributed by atoms with E-state index in [0.29, 0.717) is 0 Å². The van der Waals surface area contributed by atoms with Crippen molar-refractivity contribution >= 4 is 25.8 Å². The zero-order valence-electron chi connectivity index (χ0n) is 6.97. The van der Waals surface area contributed by atoms with Crippen LogP contribution in [0.5, 0.6) is 0 Å². The molecule has 0 aliphatic rings. The molecule has 54 valence electrons. The predicted molar refractivity (Wildman–Crippen MR) is 50.0 cm³/mol. The number of hydrogen-bond acceptors (Lipinski definition) is 0. The van der Waals surface area contributed by atoms with E-state index in [0.717, 1.165) is 4.47 Å². The quantitative estimate of drug-likeness (QED) is 0.398. The molecule has 0 spiro atoms. The summed E-state index contributed by atoms with van der Waals surface area (Å²) in [6.07, 6.45) is 0. The smallest absolute Gasteiger partial charge is 1.00 e. The Hall–Kier alpha value is 1.09. The molecule has 0 radical (unpaired) electrons. The molecule has 1 nitrogen and oxygen atoms in total. The fourth-order valence-electron chi connectivity index (χ4n) is 0.415. The van der Waals surface area contributed by atoms with E-state index in [4.69, 9.17) is 0 Å². The Balaban J connectivity index is -0.0000000612. The first kappa shape index (κ1) is 17.3. The maximum atomic E-state index is 3.31. The van der Waals surface area contributed by atoms with Crippen LogP contribution in [0.1, 0.15) is 1.43 Å². The second kappa shape index (κ2) is 10.1. The molecule has 2 N–H and O–H groups in total. The van der Waals surface area contributed by atoms with Gasteiger partial charge in [-0.2, -0.15) is 9.90 Å². The van der Waals surface area contributed by atoms with Crippen molar-refractivity contribution in [2.45, 2.75) is 0 Å². The molecule has 0 saturated carbocycles. The monoisotopic (exact) mass is 232 g/mol. The average Bonchev–Trinajstić information content (AvgIpc) is 1.69. The molecule has 0 aromatic heterocycles. The molecule has 1 unspecified atom stereocenters. The Labute approximate surface area is 96.4 Å². The molecule has 1 aromatic rings. The summed E-state index contributed by atoms with van der Waals surface area (Å²) in [5.74, 6) is 0. The maximum absolute atomic E-state index is 3.31. The van der Waals surface area contributed by atoms with Gasteiger partial charge in [0.2, 0.25) is 0 Å². The van der Waals surface area contributed by atoms with Crippen LogP contribution < -0.4 is 29.6 Å². The number of benzene rings is 1. The second-order valence-electron chi connectivity index (χ2n) is 1.30. The summed E-state index contributed by atoms with van der Waals surface area (Å²) in [6, 6.07) is 9.97. The van der Waals surface area contributed by atoms with Gasteiger partial charge < -0.3 is 6.90 Å². The Bertz CT molecular complexity index is 153. The van der Waals surface area contributed by atoms with Crippen LogP contribution in [0.2, 0.25) is 0 Å². The van der Waals surface area contributed by atoms with Crippen LogP contribution in [0.15, 0.2) is 34.8 Å². The van der Waals surface area contributed by atoms with E-state index in [9.17, 15) is 0 Å². The van der Waals surface area contributed by atoms with Crippen LogP contribution in [-0.2, 0) is 0 Å². The maximum Gasteiger partial charge on any atom is 1.00 e. The van der Waals surface area contributed by atoms with E-state index in [1.807, 2.05) is 30.3 Å². The van der Waals surface area contributed by atoms with Gasteiger partial charge in [-0.1, -0.05) is 34.1 Å². The Morgan fingerprint density at radius 2 is 1.50 bits per heavy atom. The molecule has 1 aromatic carbocycles. The third-order valence-electron chi connectivity index (χ3n) is 0.733. The first-order chi connectivity index (χ1) is 3.39. The Morgan fingerprint density at radius 1 is 1.10 bits per heavy atom. The van der Waals surface area contributed by atoms with Crippen molar-refractivity contribution in [3.8, 4) is 0 Å². The summed E-state index contributed by atoms with van der Waals surface area (Å²) in [7, 11) is 0. The van der Waals surface area contributed by atoms with E-state index in [2.05, 4.69) is 15.9 Å². The van der Waals surface area contributed by atoms with E-state index in [1.165, 1.54) is 0 Å². The molecule has 0 bridgehead atoms. The zero-order valence-corrected chi connectivity index (χ0v) is 11.0. The van der Waals surface area contributed by atoms with Gasteiger partial charge in [0, 0.05) is 4.47 Å². The van der Waals surface area contributed by atoms with Gasteiger partial charge in [0.1, 0.15) is 0 Å². The van der Waals surface area contributed by atoms with Gasteiger partial charge >= 0.3 is 29.6 Å². The average molecular weight is 233 g/mol. The molecular weight excluding hydrogens is 222 g/mol. The van der Waals surface area contributed by atoms with E-state index < -0.39 is 0 Å². The topological polar surface area (TPSA) is 31.5 Å². The first-order valence-corrected chi connectivity index (χ1v) is 2.89. The fourth-order valence-corrected chi connectivity index (χ4v) is 0.720. The van der Waals surface area contributed by atoms with Gasteiger partial charge in [-0.15, -0.1) is 0 Å². The van der Waals surface area contributed by atoms with Crippen molar-refractivity contribution < 1.29 is 36.5 Å². The van der Waals surface area contributed by atoms with Crippen LogP contribution in [-0.4, -0.2) is 5.48 Å². The summed E-state index contributed by atoms with van der Waals surface area (Å²) in [5.41, 5.74) is 0. The largest absolute Gasteiger partial charge is 1.00 e. The number of halogens is 1. The van der Waals surface area contributed by atoms with Crippen molar-refractivity contribution in [1.82, 2.24) is 0 Å². The van der Waals surface area contributed by atoms with Crippen molar-refractivity contribution in [2.75, 3.05) is 0 Å². The molecule has 0 aliphatic heterocycles. The normalized spacial score (nSPS) is 6.10. The first-order valence-electron chi connectivity index (χ1n) is 2.10. The number of hydrogen-bond donors (Lipinski definition) is 0. The molecule has 0 fully saturated rings. The minimum Gasteiger partial charge on any atom is -1.00 e. The van der Waals surface area contributed by atoms with Gasteiger partial charge in [0.15, 0.2) is 0 Å².